The molecule has 1 saturated heterocycles. The number of nitrogens with zero attached hydrogens (tertiary/aromatic N) is 1. The summed E-state index contributed by atoms with van der Waals surface area (Å²) in [7, 11) is 0. The van der Waals surface area contributed by atoms with Gasteiger partial charge in [0.1, 0.15) is 0 Å². The van der Waals surface area contributed by atoms with E-state index >= 15 is 0 Å². The highest BCUT2D eigenvalue weighted by Crippen LogP contribution is 2.39. The van der Waals surface area contributed by atoms with Gasteiger partial charge in [-0.15, -0.1) is 0 Å². The van der Waals surface area contributed by atoms with Gasteiger partial charge in [0.15, 0.2) is 0 Å². The molecule has 3 rings (SSSR count). The Labute approximate surface area is 137 Å². The van der Waals surface area contributed by atoms with Crippen molar-refractivity contribution in [2.24, 2.45) is 5.73 Å². The molecule has 1 aromatic rings. The van der Waals surface area contributed by atoms with E-state index in [1.54, 1.807) is 0 Å². The van der Waals surface area contributed by atoms with Gasteiger partial charge < -0.3 is 5.73 Å². The number of rotatable bonds is 4. The Bertz CT molecular complexity index is 445. The molecule has 2 fully saturated rings. The summed E-state index contributed by atoms with van der Waals surface area (Å²) < 4.78 is 1.14. The van der Waals surface area contributed by atoms with Crippen LogP contribution in [0.25, 0.3) is 0 Å². The van der Waals surface area contributed by atoms with Crippen molar-refractivity contribution in [3.63, 3.8) is 0 Å². The first-order valence-electron chi connectivity index (χ1n) is 8.46. The van der Waals surface area contributed by atoms with Crippen LogP contribution in [0.4, 0.5) is 0 Å². The molecule has 3 heteroatoms. The number of nitrogens with two attached hydrogens (primary N) is 1. The first-order valence-corrected chi connectivity index (χ1v) is 9.25. The van der Waals surface area contributed by atoms with Gasteiger partial charge in [-0.25, -0.2) is 0 Å². The first-order chi connectivity index (χ1) is 10.2. The molecule has 1 aromatic carbocycles. The Hall–Kier alpha value is -0.380. The first kappa shape index (κ1) is 15.5. The van der Waals surface area contributed by atoms with Gasteiger partial charge in [-0.2, -0.15) is 0 Å². The zero-order valence-corrected chi connectivity index (χ0v) is 14.4. The summed E-state index contributed by atoms with van der Waals surface area (Å²) in [6, 6.07) is 8.94. The molecule has 1 aliphatic heterocycles. The molecule has 2 aliphatic rings. The lowest BCUT2D eigenvalue weighted by Gasteiger charge is -2.47. The molecule has 1 heterocycles. The molecule has 0 aromatic heterocycles. The van der Waals surface area contributed by atoms with Crippen molar-refractivity contribution >= 4 is 15.9 Å². The van der Waals surface area contributed by atoms with Crippen LogP contribution in [0.1, 0.15) is 50.5 Å². The van der Waals surface area contributed by atoms with Crippen molar-refractivity contribution in [3.8, 4) is 0 Å². The lowest BCUT2D eigenvalue weighted by Crippen LogP contribution is -2.60. The maximum Gasteiger partial charge on any atom is 0.0363 e. The van der Waals surface area contributed by atoms with Gasteiger partial charge in [0, 0.05) is 16.1 Å². The van der Waals surface area contributed by atoms with Gasteiger partial charge in [-0.05, 0) is 62.9 Å². The fourth-order valence-electron chi connectivity index (χ4n) is 4.31. The van der Waals surface area contributed by atoms with Crippen molar-refractivity contribution in [1.82, 2.24) is 4.90 Å². The van der Waals surface area contributed by atoms with Crippen molar-refractivity contribution in [1.29, 1.82) is 0 Å². The fraction of sp³-hybridized carbons (Fsp3) is 0.667. The molecule has 2 nitrogen and oxygen atoms in total. The van der Waals surface area contributed by atoms with Gasteiger partial charge in [-0.1, -0.05) is 47.3 Å². The average molecular weight is 351 g/mol. The third kappa shape index (κ3) is 3.35. The van der Waals surface area contributed by atoms with E-state index in [0.717, 1.165) is 10.9 Å². The molecule has 0 spiro atoms. The van der Waals surface area contributed by atoms with Crippen molar-refractivity contribution < 1.29 is 0 Å². The maximum absolute atomic E-state index is 6.76. The summed E-state index contributed by atoms with van der Waals surface area (Å²) in [6.45, 7) is 2.52. The molecule has 1 aliphatic carbocycles. The van der Waals surface area contributed by atoms with Crippen LogP contribution in [-0.2, 0) is 6.42 Å². The van der Waals surface area contributed by atoms with Gasteiger partial charge in [0.25, 0.3) is 0 Å². The van der Waals surface area contributed by atoms with Gasteiger partial charge in [-0.3, -0.25) is 4.90 Å². The van der Waals surface area contributed by atoms with Gasteiger partial charge >= 0.3 is 0 Å². The average Bonchev–Trinajstić information content (AvgIpc) is 3.01. The lowest BCUT2D eigenvalue weighted by atomic mass is 9.82. The standard InChI is InChI=1S/C18H27BrN2/c19-16-8-6-15(7-9-16)14-17(20)18(10-2-3-11-18)21-12-4-1-5-13-21/h6-9,17H,1-5,10-14,20H2. The van der Waals surface area contributed by atoms with E-state index in [0.29, 0.717) is 0 Å². The predicted octanol–water partition coefficient (Wildman–Crippen LogP) is 4.12. The summed E-state index contributed by atoms with van der Waals surface area (Å²) in [5.41, 5.74) is 8.40. The van der Waals surface area contributed by atoms with Crippen molar-refractivity contribution in [2.75, 3.05) is 13.1 Å². The summed E-state index contributed by atoms with van der Waals surface area (Å²) >= 11 is 3.51. The second-order valence-corrected chi connectivity index (χ2v) is 7.71. The number of likely N-dealkylation sites (tertiary alicyclic amines) is 1. The van der Waals surface area contributed by atoms with Crippen molar-refractivity contribution in [2.45, 2.75) is 62.9 Å². The molecular weight excluding hydrogens is 324 g/mol. The topological polar surface area (TPSA) is 29.3 Å². The third-order valence-corrected chi connectivity index (χ3v) is 6.04. The maximum atomic E-state index is 6.76. The fourth-order valence-corrected chi connectivity index (χ4v) is 4.58. The highest BCUT2D eigenvalue weighted by Gasteiger charge is 2.44. The summed E-state index contributed by atoms with van der Waals surface area (Å²) in [6.07, 6.45) is 10.4. The van der Waals surface area contributed by atoms with E-state index in [4.69, 9.17) is 5.73 Å². The summed E-state index contributed by atoms with van der Waals surface area (Å²) in [4.78, 5) is 2.74. The minimum Gasteiger partial charge on any atom is -0.326 e. The lowest BCUT2D eigenvalue weighted by molar-refractivity contribution is 0.0482. The Morgan fingerprint density at radius 3 is 2.24 bits per heavy atom. The smallest absolute Gasteiger partial charge is 0.0363 e. The molecule has 0 amide bonds. The van der Waals surface area contributed by atoms with E-state index in [2.05, 4.69) is 45.1 Å². The molecule has 0 radical (unpaired) electrons. The van der Waals surface area contributed by atoms with Crippen LogP contribution >= 0.6 is 15.9 Å². The Balaban J connectivity index is 1.74. The predicted molar refractivity (Wildman–Crippen MR) is 92.4 cm³/mol. The van der Waals surface area contributed by atoms with E-state index in [1.165, 1.54) is 63.6 Å². The van der Waals surface area contributed by atoms with Crippen molar-refractivity contribution in [3.05, 3.63) is 34.3 Å². The van der Waals surface area contributed by atoms with Crippen LogP contribution in [0.15, 0.2) is 28.7 Å². The van der Waals surface area contributed by atoms with E-state index in [9.17, 15) is 0 Å². The van der Waals surface area contributed by atoms with Crippen LogP contribution in [0.3, 0.4) is 0 Å². The van der Waals surface area contributed by atoms with E-state index < -0.39 is 0 Å². The van der Waals surface area contributed by atoms with E-state index in [1.807, 2.05) is 0 Å². The number of benzene rings is 1. The Kier molecular flexibility index (Phi) is 5.03. The number of piperidine rings is 1. The Morgan fingerprint density at radius 2 is 1.62 bits per heavy atom. The van der Waals surface area contributed by atoms with Gasteiger partial charge in [0.05, 0.1) is 0 Å². The molecule has 1 saturated carbocycles. The van der Waals surface area contributed by atoms with E-state index in [-0.39, 0.29) is 11.6 Å². The molecule has 116 valence electrons. The zero-order valence-electron chi connectivity index (χ0n) is 12.9. The number of hydrogen-bond acceptors (Lipinski definition) is 2. The quantitative estimate of drug-likeness (QED) is 0.884. The summed E-state index contributed by atoms with van der Waals surface area (Å²) in [5, 5.41) is 0. The molecule has 0 bridgehead atoms. The minimum absolute atomic E-state index is 0.263. The monoisotopic (exact) mass is 350 g/mol. The summed E-state index contributed by atoms with van der Waals surface area (Å²) in [5.74, 6) is 0. The number of halogens is 1. The normalized spacial score (nSPS) is 24.1. The van der Waals surface area contributed by atoms with Crippen LogP contribution in [0.2, 0.25) is 0 Å². The van der Waals surface area contributed by atoms with Crippen LogP contribution in [-0.4, -0.2) is 29.6 Å². The third-order valence-electron chi connectivity index (χ3n) is 5.51. The zero-order chi connectivity index (χ0) is 14.7. The minimum atomic E-state index is 0.263. The Morgan fingerprint density at radius 1 is 1.00 bits per heavy atom. The second kappa shape index (κ2) is 6.80. The molecule has 1 unspecified atom stereocenters. The highest BCUT2D eigenvalue weighted by atomic mass is 79.9. The molecule has 2 N–H and O–H groups in total. The van der Waals surface area contributed by atoms with Crippen LogP contribution in [0.5, 0.6) is 0 Å². The SMILES string of the molecule is NC(Cc1ccc(Br)cc1)C1(N2CCCCC2)CCCC1. The van der Waals surface area contributed by atoms with Crippen LogP contribution in [0, 0.1) is 0 Å². The second-order valence-electron chi connectivity index (χ2n) is 6.80. The molecule has 1 atom stereocenters. The van der Waals surface area contributed by atoms with Crippen LogP contribution < -0.4 is 5.73 Å². The largest absolute Gasteiger partial charge is 0.326 e. The van der Waals surface area contributed by atoms with Gasteiger partial charge in [0.2, 0.25) is 0 Å². The highest BCUT2D eigenvalue weighted by molar-refractivity contribution is 9.10. The number of hydrogen-bond donors (Lipinski definition) is 1. The molecule has 21 heavy (non-hydrogen) atoms. The molecular formula is C18H27BrN2.